The van der Waals surface area contributed by atoms with Crippen molar-refractivity contribution in [1.29, 1.82) is 0 Å². The van der Waals surface area contributed by atoms with E-state index < -0.39 is 15.1 Å². The fourth-order valence-electron chi connectivity index (χ4n) is 1.45. The number of sulfone groups is 1. The maximum Gasteiger partial charge on any atom is 0.328 e. The molecule has 0 bridgehead atoms. The summed E-state index contributed by atoms with van der Waals surface area (Å²) in [5.74, 6) is 0.00663. The summed E-state index contributed by atoms with van der Waals surface area (Å²) in [6.07, 6.45) is 3.33. The third-order valence-electron chi connectivity index (χ3n) is 2.77. The molecular formula is C11H20N2O3S. The zero-order chi connectivity index (χ0) is 13.2. The van der Waals surface area contributed by atoms with E-state index in [2.05, 4.69) is 0 Å². The predicted molar refractivity (Wildman–Crippen MR) is 68.0 cm³/mol. The Labute approximate surface area is 102 Å². The van der Waals surface area contributed by atoms with E-state index in [9.17, 15) is 13.2 Å². The van der Waals surface area contributed by atoms with Gasteiger partial charge in [0.2, 0.25) is 0 Å². The van der Waals surface area contributed by atoms with Crippen LogP contribution in [0.1, 0.15) is 33.7 Å². The molecule has 5 nitrogen and oxygen atoms in total. The fraction of sp³-hybridized carbons (Fsp3) is 0.727. The monoisotopic (exact) mass is 260 g/mol. The van der Waals surface area contributed by atoms with Gasteiger partial charge in [-0.05, 0) is 27.7 Å². The van der Waals surface area contributed by atoms with E-state index in [1.165, 1.54) is 4.57 Å². The third-order valence-corrected chi connectivity index (χ3v) is 4.95. The largest absolute Gasteiger partial charge is 0.328 e. The zero-order valence-electron chi connectivity index (χ0n) is 10.8. The van der Waals surface area contributed by atoms with Crippen LogP contribution in [0.3, 0.4) is 0 Å². The first-order valence-electron chi connectivity index (χ1n) is 5.74. The lowest BCUT2D eigenvalue weighted by molar-refractivity contribution is 0.552. The van der Waals surface area contributed by atoms with E-state index in [4.69, 9.17) is 0 Å². The molecule has 17 heavy (non-hydrogen) atoms. The Bertz CT molecular complexity index is 523. The van der Waals surface area contributed by atoms with Crippen LogP contribution in [-0.2, 0) is 16.4 Å². The molecule has 98 valence electrons. The molecular weight excluding hydrogens is 240 g/mol. The van der Waals surface area contributed by atoms with Crippen molar-refractivity contribution in [1.82, 2.24) is 9.13 Å². The van der Waals surface area contributed by atoms with Gasteiger partial charge < -0.3 is 0 Å². The molecule has 0 amide bonds. The standard InChI is InChI=1S/C11H20N2O3S/c1-9(2)13-6-5-12(11(13)14)7-8-17(15,16)10(3)4/h5-6,9-10H,7-8H2,1-4H3. The van der Waals surface area contributed by atoms with Gasteiger partial charge in [-0.25, -0.2) is 13.2 Å². The topological polar surface area (TPSA) is 61.1 Å². The number of hydrogen-bond acceptors (Lipinski definition) is 3. The Morgan fingerprint density at radius 3 is 2.18 bits per heavy atom. The van der Waals surface area contributed by atoms with Crippen molar-refractivity contribution < 1.29 is 8.42 Å². The van der Waals surface area contributed by atoms with E-state index >= 15 is 0 Å². The molecule has 0 unspecified atom stereocenters. The highest BCUT2D eigenvalue weighted by Crippen LogP contribution is 2.03. The highest BCUT2D eigenvalue weighted by molar-refractivity contribution is 7.91. The molecule has 0 aliphatic heterocycles. The normalized spacial score (nSPS) is 12.6. The van der Waals surface area contributed by atoms with Gasteiger partial charge in [-0.2, -0.15) is 0 Å². The number of rotatable bonds is 5. The van der Waals surface area contributed by atoms with Crippen LogP contribution in [0.15, 0.2) is 17.2 Å². The van der Waals surface area contributed by atoms with Crippen molar-refractivity contribution in [2.75, 3.05) is 5.75 Å². The van der Waals surface area contributed by atoms with Crippen molar-refractivity contribution in [3.05, 3.63) is 22.9 Å². The van der Waals surface area contributed by atoms with E-state index in [0.717, 1.165) is 0 Å². The van der Waals surface area contributed by atoms with Crippen molar-refractivity contribution in [2.24, 2.45) is 0 Å². The van der Waals surface area contributed by atoms with Gasteiger partial charge in [0.1, 0.15) is 0 Å². The van der Waals surface area contributed by atoms with Crippen LogP contribution < -0.4 is 5.69 Å². The molecule has 1 aromatic heterocycles. The molecule has 1 rings (SSSR count). The second kappa shape index (κ2) is 5.08. The van der Waals surface area contributed by atoms with E-state index in [0.29, 0.717) is 0 Å². The molecule has 1 aromatic rings. The lowest BCUT2D eigenvalue weighted by atomic mass is 10.4. The molecule has 0 N–H and O–H groups in total. The van der Waals surface area contributed by atoms with Crippen LogP contribution in [0.2, 0.25) is 0 Å². The lowest BCUT2D eigenvalue weighted by Gasteiger charge is -2.08. The summed E-state index contributed by atoms with van der Waals surface area (Å²) in [6.45, 7) is 7.35. The molecule has 0 saturated heterocycles. The Kier molecular flexibility index (Phi) is 4.19. The molecule has 0 atom stereocenters. The fourth-order valence-corrected chi connectivity index (χ4v) is 2.38. The van der Waals surface area contributed by atoms with Crippen LogP contribution in [0, 0.1) is 0 Å². The second-order valence-electron chi connectivity index (χ2n) is 4.69. The van der Waals surface area contributed by atoms with Gasteiger partial charge in [0.15, 0.2) is 9.84 Å². The molecule has 6 heteroatoms. The number of hydrogen-bond donors (Lipinski definition) is 0. The van der Waals surface area contributed by atoms with Crippen LogP contribution in [0.5, 0.6) is 0 Å². The molecule has 0 aromatic carbocycles. The molecule has 0 saturated carbocycles. The number of imidazole rings is 1. The summed E-state index contributed by atoms with van der Waals surface area (Å²) in [6, 6.07) is 0.0884. The zero-order valence-corrected chi connectivity index (χ0v) is 11.6. The summed E-state index contributed by atoms with van der Waals surface area (Å²) in [7, 11) is -3.09. The Balaban J connectivity index is 2.82. The first-order valence-corrected chi connectivity index (χ1v) is 7.46. The van der Waals surface area contributed by atoms with Gasteiger partial charge in [0.25, 0.3) is 0 Å². The molecule has 0 aliphatic carbocycles. The Morgan fingerprint density at radius 1 is 1.18 bits per heavy atom. The highest BCUT2D eigenvalue weighted by atomic mass is 32.2. The minimum absolute atomic E-state index is 0.00663. The predicted octanol–water partition coefficient (Wildman–Crippen LogP) is 1.05. The van der Waals surface area contributed by atoms with E-state index in [1.54, 1.807) is 30.8 Å². The minimum atomic E-state index is -3.09. The number of aryl methyl sites for hydroxylation is 1. The molecule has 0 radical (unpaired) electrons. The van der Waals surface area contributed by atoms with Crippen LogP contribution in [-0.4, -0.2) is 28.6 Å². The Hall–Kier alpha value is -1.04. The SMILES string of the molecule is CC(C)n1ccn(CCS(=O)(=O)C(C)C)c1=O. The summed E-state index contributed by atoms with van der Waals surface area (Å²) in [4.78, 5) is 11.8. The van der Waals surface area contributed by atoms with Crippen molar-refractivity contribution in [3.63, 3.8) is 0 Å². The molecule has 0 spiro atoms. The summed E-state index contributed by atoms with van der Waals surface area (Å²) >= 11 is 0. The number of aromatic nitrogens is 2. The average Bonchev–Trinajstić information content (AvgIpc) is 2.56. The van der Waals surface area contributed by atoms with Crippen molar-refractivity contribution in [2.45, 2.75) is 45.5 Å². The lowest BCUT2D eigenvalue weighted by Crippen LogP contribution is -2.29. The maximum atomic E-state index is 11.8. The van der Waals surface area contributed by atoms with Gasteiger partial charge in [-0.15, -0.1) is 0 Å². The Morgan fingerprint density at radius 2 is 1.76 bits per heavy atom. The molecule has 0 aliphatic rings. The minimum Gasteiger partial charge on any atom is -0.298 e. The van der Waals surface area contributed by atoms with Crippen molar-refractivity contribution >= 4 is 9.84 Å². The third kappa shape index (κ3) is 3.21. The summed E-state index contributed by atoms with van der Waals surface area (Å²) in [5, 5.41) is -0.398. The van der Waals surface area contributed by atoms with Crippen LogP contribution in [0.25, 0.3) is 0 Å². The quantitative estimate of drug-likeness (QED) is 0.795. The number of nitrogens with zero attached hydrogens (tertiary/aromatic N) is 2. The van der Waals surface area contributed by atoms with Crippen molar-refractivity contribution in [3.8, 4) is 0 Å². The van der Waals surface area contributed by atoms with Crippen LogP contribution in [0.4, 0.5) is 0 Å². The van der Waals surface area contributed by atoms with Gasteiger partial charge in [-0.3, -0.25) is 9.13 Å². The van der Waals surface area contributed by atoms with Crippen LogP contribution >= 0.6 is 0 Å². The first-order chi connectivity index (χ1) is 7.75. The van der Waals surface area contributed by atoms with Gasteiger partial charge >= 0.3 is 5.69 Å². The van der Waals surface area contributed by atoms with Gasteiger partial charge in [0.05, 0.1) is 11.0 Å². The van der Waals surface area contributed by atoms with Gasteiger partial charge in [0, 0.05) is 25.0 Å². The van der Waals surface area contributed by atoms with Gasteiger partial charge in [-0.1, -0.05) is 0 Å². The smallest absolute Gasteiger partial charge is 0.298 e. The summed E-state index contributed by atoms with van der Waals surface area (Å²) in [5.41, 5.74) is -0.154. The second-order valence-corrected chi connectivity index (χ2v) is 7.37. The maximum absolute atomic E-state index is 11.8. The van der Waals surface area contributed by atoms with E-state index in [1.807, 2.05) is 13.8 Å². The average molecular weight is 260 g/mol. The highest BCUT2D eigenvalue weighted by Gasteiger charge is 2.16. The molecule has 1 heterocycles. The summed E-state index contributed by atoms with van der Waals surface area (Å²) < 4.78 is 26.3. The first kappa shape index (κ1) is 14.0. The van der Waals surface area contributed by atoms with E-state index in [-0.39, 0.29) is 24.0 Å². The molecule has 0 fully saturated rings.